The lowest BCUT2D eigenvalue weighted by atomic mass is 10.0. The fourth-order valence-corrected chi connectivity index (χ4v) is 4.41. The second-order valence-electron chi connectivity index (χ2n) is 8.38. The molecule has 1 saturated heterocycles. The maximum Gasteiger partial charge on any atom is 0.227 e. The van der Waals surface area contributed by atoms with Crippen molar-refractivity contribution >= 4 is 28.2 Å². The molecular weight excluding hydrogens is 429 g/mol. The molecule has 3 aromatic carbocycles. The fourth-order valence-electron chi connectivity index (χ4n) is 4.41. The highest BCUT2D eigenvalue weighted by Crippen LogP contribution is 2.32. The Kier molecular flexibility index (Phi) is 6.27. The summed E-state index contributed by atoms with van der Waals surface area (Å²) in [6.07, 6.45) is 1.77. The molecule has 1 aliphatic rings. The van der Waals surface area contributed by atoms with Gasteiger partial charge in [-0.15, -0.1) is 0 Å². The zero-order valence-corrected chi connectivity index (χ0v) is 19.5. The molecule has 1 aromatic heterocycles. The van der Waals surface area contributed by atoms with Gasteiger partial charge in [0.2, 0.25) is 5.95 Å². The molecule has 0 amide bonds. The number of hydrogen-bond acceptors (Lipinski definition) is 6. The minimum absolute atomic E-state index is 0.351. The monoisotopic (exact) mass is 457 g/mol. The molecule has 0 radical (unpaired) electrons. The average molecular weight is 458 g/mol. The number of hydrogen-bond donors (Lipinski definition) is 1. The SMILES string of the molecule is CCN1CCN(c2cccc(Nc3ncc4cccc(-c5ccc(OC)cc5F)c4n3)c2)CC1. The summed E-state index contributed by atoms with van der Waals surface area (Å²) in [6, 6.07) is 18.9. The van der Waals surface area contributed by atoms with Crippen LogP contribution in [0.1, 0.15) is 6.92 Å². The molecule has 0 saturated carbocycles. The lowest BCUT2D eigenvalue weighted by Gasteiger charge is -2.35. The van der Waals surface area contributed by atoms with E-state index in [-0.39, 0.29) is 5.82 Å². The van der Waals surface area contributed by atoms with Gasteiger partial charge in [-0.25, -0.2) is 14.4 Å². The zero-order valence-electron chi connectivity index (χ0n) is 19.5. The number of anilines is 3. The van der Waals surface area contributed by atoms with Crippen molar-refractivity contribution in [3.63, 3.8) is 0 Å². The van der Waals surface area contributed by atoms with E-state index in [4.69, 9.17) is 9.72 Å². The van der Waals surface area contributed by atoms with Crippen molar-refractivity contribution in [1.82, 2.24) is 14.9 Å². The van der Waals surface area contributed by atoms with Gasteiger partial charge in [0.1, 0.15) is 11.6 Å². The minimum Gasteiger partial charge on any atom is -0.497 e. The van der Waals surface area contributed by atoms with Gasteiger partial charge >= 0.3 is 0 Å². The van der Waals surface area contributed by atoms with Crippen molar-refractivity contribution in [2.75, 3.05) is 50.1 Å². The molecule has 6 nitrogen and oxygen atoms in total. The summed E-state index contributed by atoms with van der Waals surface area (Å²) in [5.74, 6) is 0.604. The van der Waals surface area contributed by atoms with E-state index in [1.54, 1.807) is 18.3 Å². The first-order chi connectivity index (χ1) is 16.6. The van der Waals surface area contributed by atoms with Crippen LogP contribution in [-0.2, 0) is 0 Å². The molecule has 5 rings (SSSR count). The van der Waals surface area contributed by atoms with Crippen LogP contribution >= 0.6 is 0 Å². The van der Waals surface area contributed by atoms with Crippen LogP contribution < -0.4 is 15.0 Å². The molecular formula is C27H28FN5O. The third-order valence-electron chi connectivity index (χ3n) is 6.36. The van der Waals surface area contributed by atoms with Crippen LogP contribution in [0.15, 0.2) is 66.9 Å². The first kappa shape index (κ1) is 22.1. The molecule has 0 aliphatic carbocycles. The predicted molar refractivity (Wildman–Crippen MR) is 136 cm³/mol. The van der Waals surface area contributed by atoms with E-state index >= 15 is 0 Å². The van der Waals surface area contributed by atoms with Gasteiger partial charge in [-0.2, -0.15) is 0 Å². The van der Waals surface area contributed by atoms with Crippen LogP contribution in [0.4, 0.5) is 21.7 Å². The number of nitrogens with one attached hydrogen (secondary N) is 1. The smallest absolute Gasteiger partial charge is 0.227 e. The Bertz CT molecular complexity index is 1300. The number of piperazine rings is 1. The number of benzene rings is 3. The van der Waals surface area contributed by atoms with Gasteiger partial charge in [0.05, 0.1) is 12.6 Å². The van der Waals surface area contributed by atoms with Crippen molar-refractivity contribution in [1.29, 1.82) is 0 Å². The number of nitrogens with zero attached hydrogens (tertiary/aromatic N) is 4. The van der Waals surface area contributed by atoms with Gasteiger partial charge < -0.3 is 19.9 Å². The highest BCUT2D eigenvalue weighted by molar-refractivity contribution is 5.94. The Labute approximate surface area is 199 Å². The summed E-state index contributed by atoms with van der Waals surface area (Å²) in [6.45, 7) is 7.48. The Morgan fingerprint density at radius 2 is 1.79 bits per heavy atom. The number of rotatable bonds is 6. The number of likely N-dealkylation sites (N-methyl/N-ethyl adjacent to an activating group) is 1. The number of halogens is 1. The van der Waals surface area contributed by atoms with Crippen LogP contribution in [0.25, 0.3) is 22.0 Å². The molecule has 34 heavy (non-hydrogen) atoms. The summed E-state index contributed by atoms with van der Waals surface area (Å²) in [5.41, 5.74) is 3.98. The maximum absolute atomic E-state index is 14.8. The third kappa shape index (κ3) is 4.52. The van der Waals surface area contributed by atoms with E-state index in [2.05, 4.69) is 39.2 Å². The van der Waals surface area contributed by atoms with Crippen molar-refractivity contribution in [2.45, 2.75) is 6.92 Å². The van der Waals surface area contributed by atoms with Crippen LogP contribution in [0.5, 0.6) is 5.75 Å². The maximum atomic E-state index is 14.8. The van der Waals surface area contributed by atoms with E-state index in [1.165, 1.54) is 18.9 Å². The quantitative estimate of drug-likeness (QED) is 0.422. The number of aromatic nitrogens is 2. The summed E-state index contributed by atoms with van der Waals surface area (Å²) < 4.78 is 20.0. The lowest BCUT2D eigenvalue weighted by molar-refractivity contribution is 0.271. The summed E-state index contributed by atoms with van der Waals surface area (Å²) in [7, 11) is 1.53. The van der Waals surface area contributed by atoms with Gasteiger partial charge in [-0.1, -0.05) is 31.2 Å². The van der Waals surface area contributed by atoms with Crippen LogP contribution in [0.3, 0.4) is 0 Å². The molecule has 174 valence electrons. The molecule has 2 heterocycles. The average Bonchev–Trinajstić information content (AvgIpc) is 2.88. The Morgan fingerprint density at radius 1 is 0.971 bits per heavy atom. The summed E-state index contributed by atoms with van der Waals surface area (Å²) in [4.78, 5) is 14.1. The first-order valence-corrected chi connectivity index (χ1v) is 11.6. The van der Waals surface area contributed by atoms with Gasteiger partial charge in [-0.05, 0) is 36.9 Å². The third-order valence-corrected chi connectivity index (χ3v) is 6.36. The van der Waals surface area contributed by atoms with Gasteiger partial charge in [0, 0.05) is 66.3 Å². The first-order valence-electron chi connectivity index (χ1n) is 11.6. The Hall–Kier alpha value is -3.71. The zero-order chi connectivity index (χ0) is 23.5. The highest BCUT2D eigenvalue weighted by atomic mass is 19.1. The summed E-state index contributed by atoms with van der Waals surface area (Å²) >= 11 is 0. The van der Waals surface area contributed by atoms with Crippen molar-refractivity contribution in [2.24, 2.45) is 0 Å². The standard InChI is InChI=1S/C27H28FN5O/c1-3-32-12-14-33(15-13-32)21-8-5-7-20(16-21)30-27-29-18-19-6-4-9-24(26(19)31-27)23-11-10-22(34-2)17-25(23)28/h4-11,16-18H,3,12-15H2,1-2H3,(H,29,30,31). The number of fused-ring (bicyclic) bond motifs is 1. The normalized spacial score (nSPS) is 14.4. The molecule has 1 N–H and O–H groups in total. The van der Waals surface area contributed by atoms with Crippen molar-refractivity contribution in [3.8, 4) is 16.9 Å². The largest absolute Gasteiger partial charge is 0.497 e. The van der Waals surface area contributed by atoms with E-state index in [0.717, 1.165) is 43.8 Å². The summed E-state index contributed by atoms with van der Waals surface area (Å²) in [5, 5.41) is 4.18. The van der Waals surface area contributed by atoms with Gasteiger partial charge in [0.25, 0.3) is 0 Å². The number of ether oxygens (including phenoxy) is 1. The number of methoxy groups -OCH3 is 1. The molecule has 7 heteroatoms. The van der Waals surface area contributed by atoms with E-state index in [1.807, 2.05) is 30.3 Å². The second kappa shape index (κ2) is 9.65. The minimum atomic E-state index is -0.351. The van der Waals surface area contributed by atoms with Gasteiger partial charge in [-0.3, -0.25) is 0 Å². The van der Waals surface area contributed by atoms with Crippen molar-refractivity contribution in [3.05, 3.63) is 72.7 Å². The molecule has 0 unspecified atom stereocenters. The van der Waals surface area contributed by atoms with E-state index in [0.29, 0.717) is 28.3 Å². The molecule has 4 aromatic rings. The van der Waals surface area contributed by atoms with Gasteiger partial charge in [0.15, 0.2) is 0 Å². The van der Waals surface area contributed by atoms with Crippen LogP contribution in [0, 0.1) is 5.82 Å². The highest BCUT2D eigenvalue weighted by Gasteiger charge is 2.16. The topological polar surface area (TPSA) is 53.5 Å². The number of para-hydroxylation sites is 1. The second-order valence-corrected chi connectivity index (χ2v) is 8.38. The van der Waals surface area contributed by atoms with Crippen molar-refractivity contribution < 1.29 is 9.13 Å². The fraction of sp³-hybridized carbons (Fsp3) is 0.259. The lowest BCUT2D eigenvalue weighted by Crippen LogP contribution is -2.46. The van der Waals surface area contributed by atoms with E-state index in [9.17, 15) is 4.39 Å². The Balaban J connectivity index is 1.43. The predicted octanol–water partition coefficient (Wildman–Crippen LogP) is 5.33. The van der Waals surface area contributed by atoms with E-state index < -0.39 is 0 Å². The Morgan fingerprint density at radius 3 is 2.56 bits per heavy atom. The molecule has 0 bridgehead atoms. The van der Waals surface area contributed by atoms with Crippen LogP contribution in [0.2, 0.25) is 0 Å². The molecule has 0 atom stereocenters. The van der Waals surface area contributed by atoms with Crippen LogP contribution in [-0.4, -0.2) is 54.7 Å². The molecule has 0 spiro atoms. The molecule has 1 fully saturated rings. The molecule has 1 aliphatic heterocycles.